The van der Waals surface area contributed by atoms with Crippen LogP contribution in [-0.2, 0) is 14.3 Å². The molecule has 12 heteroatoms. The summed E-state index contributed by atoms with van der Waals surface area (Å²) in [4.78, 5) is 40.3. The van der Waals surface area contributed by atoms with Gasteiger partial charge in [0.25, 0.3) is 18.2 Å². The Hall–Kier alpha value is -2.60. The van der Waals surface area contributed by atoms with E-state index in [1.54, 1.807) is 12.1 Å². The molecule has 2 saturated carbocycles. The predicted octanol–water partition coefficient (Wildman–Crippen LogP) is 5.00. The molecule has 0 unspecified atom stereocenters. The van der Waals surface area contributed by atoms with Crippen LogP contribution in [0.15, 0.2) is 30.3 Å². The topological polar surface area (TPSA) is 99.8 Å². The fourth-order valence-electron chi connectivity index (χ4n) is 5.49. The van der Waals surface area contributed by atoms with Gasteiger partial charge in [0.15, 0.2) is 0 Å². The second kappa shape index (κ2) is 12.9. The summed E-state index contributed by atoms with van der Waals surface area (Å²) in [5.41, 5.74) is -0.0492. The number of halogens is 3. The molecule has 0 radical (unpaired) electrons. The van der Waals surface area contributed by atoms with Crippen molar-refractivity contribution in [3.8, 4) is 0 Å². The summed E-state index contributed by atoms with van der Waals surface area (Å²) >= 11 is 7.13. The largest absolute Gasteiger partial charge is 0.370 e. The molecule has 40 heavy (non-hydrogen) atoms. The first-order valence-corrected chi connectivity index (χ1v) is 14.9. The highest BCUT2D eigenvalue weighted by Gasteiger charge is 2.38. The molecular formula is C28H33ClF2N4O4S. The highest BCUT2D eigenvalue weighted by atomic mass is 35.5. The zero-order valence-corrected chi connectivity index (χ0v) is 23.5. The van der Waals surface area contributed by atoms with E-state index in [0.29, 0.717) is 21.0 Å². The number of anilines is 2. The molecule has 3 aliphatic rings. The average molecular weight is 595 g/mol. The van der Waals surface area contributed by atoms with Crippen molar-refractivity contribution in [1.29, 1.82) is 0 Å². The minimum atomic E-state index is -2.85. The smallest absolute Gasteiger partial charge is 0.265 e. The van der Waals surface area contributed by atoms with E-state index in [-0.39, 0.29) is 55.2 Å². The molecule has 3 N–H and O–H groups in total. The maximum Gasteiger partial charge on any atom is 0.265 e. The first kappa shape index (κ1) is 28.9. The number of nitrogens with one attached hydrogen (secondary N) is 3. The number of rotatable bonds is 11. The van der Waals surface area contributed by atoms with Crippen LogP contribution >= 0.6 is 22.9 Å². The van der Waals surface area contributed by atoms with Crippen LogP contribution in [0.1, 0.15) is 60.2 Å². The van der Waals surface area contributed by atoms with Gasteiger partial charge >= 0.3 is 0 Å². The van der Waals surface area contributed by atoms with Gasteiger partial charge in [-0.1, -0.05) is 24.4 Å². The molecule has 1 atom stereocenters. The van der Waals surface area contributed by atoms with Crippen LogP contribution in [0.2, 0.25) is 4.34 Å². The van der Waals surface area contributed by atoms with Crippen LogP contribution in [0.5, 0.6) is 0 Å². The van der Waals surface area contributed by atoms with Crippen molar-refractivity contribution in [2.45, 2.75) is 57.0 Å². The normalized spacial score (nSPS) is 18.9. The number of thiophene rings is 1. The van der Waals surface area contributed by atoms with E-state index >= 15 is 0 Å². The van der Waals surface area contributed by atoms with E-state index in [1.807, 2.05) is 0 Å². The molecule has 2 aromatic rings. The maximum absolute atomic E-state index is 14.0. The van der Waals surface area contributed by atoms with Gasteiger partial charge in [-0.3, -0.25) is 14.4 Å². The number of carbonyl (C=O) groups excluding carboxylic acids is 3. The second-order valence-electron chi connectivity index (χ2n) is 10.6. The van der Waals surface area contributed by atoms with Crippen molar-refractivity contribution in [2.75, 3.05) is 36.5 Å². The van der Waals surface area contributed by atoms with Gasteiger partial charge in [-0.15, -0.1) is 11.3 Å². The number of hydrogen-bond acceptors (Lipinski definition) is 6. The summed E-state index contributed by atoms with van der Waals surface area (Å²) < 4.78 is 33.7. The zero-order chi connectivity index (χ0) is 28.2. The van der Waals surface area contributed by atoms with Crippen LogP contribution in [0, 0.1) is 11.8 Å². The molecule has 3 amide bonds. The highest BCUT2D eigenvalue weighted by molar-refractivity contribution is 7.18. The van der Waals surface area contributed by atoms with Crippen molar-refractivity contribution in [1.82, 2.24) is 10.6 Å². The third-order valence-electron chi connectivity index (χ3n) is 8.10. The molecule has 216 valence electrons. The number of alkyl halides is 2. The Bertz CT molecular complexity index is 1220. The van der Waals surface area contributed by atoms with Gasteiger partial charge < -0.3 is 25.6 Å². The number of amides is 3. The lowest BCUT2D eigenvalue weighted by molar-refractivity contribution is -0.125. The van der Waals surface area contributed by atoms with Crippen LogP contribution in [0.25, 0.3) is 0 Å². The standard InChI is InChI=1S/C28H33ClF2N4O4S/c29-23-10-9-22(40-23)28(38)32-14-20(34-25(16-3-1-4-16)17-5-2-6-17)27(37)33-18-7-8-21(19(13-18)26(30)31)35-11-12-39-15-24(35)36/h7-10,13,16-17,20,25-26,34H,1-6,11-12,14-15H2,(H,32,38)(H,33,37)/t20-/m1/s1. The van der Waals surface area contributed by atoms with Crippen molar-refractivity contribution < 1.29 is 27.9 Å². The van der Waals surface area contributed by atoms with Crippen LogP contribution < -0.4 is 20.9 Å². The van der Waals surface area contributed by atoms with Gasteiger partial charge in [0.2, 0.25) is 5.91 Å². The summed E-state index contributed by atoms with van der Waals surface area (Å²) in [6, 6.07) is 6.79. The second-order valence-corrected chi connectivity index (χ2v) is 12.3. The average Bonchev–Trinajstić information content (AvgIpc) is 3.30. The highest BCUT2D eigenvalue weighted by Crippen LogP contribution is 2.40. The molecule has 1 aromatic carbocycles. The lowest BCUT2D eigenvalue weighted by Gasteiger charge is -2.44. The van der Waals surface area contributed by atoms with Gasteiger partial charge in [0.05, 0.1) is 21.5 Å². The first-order chi connectivity index (χ1) is 19.3. The Labute approximate surface area is 240 Å². The Morgan fingerprint density at radius 3 is 2.40 bits per heavy atom. The number of hydrogen-bond donors (Lipinski definition) is 3. The molecule has 2 aliphatic carbocycles. The molecular weight excluding hydrogens is 562 g/mol. The zero-order valence-electron chi connectivity index (χ0n) is 22.0. The molecule has 1 saturated heterocycles. The fourth-order valence-corrected chi connectivity index (χ4v) is 6.45. The molecule has 1 aliphatic heterocycles. The van der Waals surface area contributed by atoms with Crippen molar-refractivity contribution in [3.05, 3.63) is 45.1 Å². The summed E-state index contributed by atoms with van der Waals surface area (Å²) in [5.74, 6) is -0.204. The Morgan fingerprint density at radius 1 is 1.10 bits per heavy atom. The molecule has 1 aromatic heterocycles. The van der Waals surface area contributed by atoms with Crippen LogP contribution in [0.3, 0.4) is 0 Å². The van der Waals surface area contributed by atoms with Crippen LogP contribution in [-0.4, -0.2) is 56.1 Å². The minimum absolute atomic E-state index is 0.0260. The van der Waals surface area contributed by atoms with E-state index < -0.39 is 24.3 Å². The molecule has 5 rings (SSSR count). The lowest BCUT2D eigenvalue weighted by Crippen LogP contribution is -2.57. The number of nitrogens with zero attached hydrogens (tertiary/aromatic N) is 1. The molecule has 2 heterocycles. The monoisotopic (exact) mass is 594 g/mol. The SMILES string of the molecule is O=C(NC[C@@H](NC(C1CCC1)C1CCC1)C(=O)Nc1ccc(N2CCOCC2=O)c(C(F)F)c1)c1ccc(Cl)s1. The number of ether oxygens (including phenoxy) is 1. The Morgan fingerprint density at radius 2 is 1.82 bits per heavy atom. The molecule has 0 spiro atoms. The fraction of sp³-hybridized carbons (Fsp3) is 0.536. The van der Waals surface area contributed by atoms with Crippen molar-refractivity contribution in [3.63, 3.8) is 0 Å². The van der Waals surface area contributed by atoms with E-state index in [1.165, 1.54) is 23.1 Å². The van der Waals surface area contributed by atoms with E-state index in [4.69, 9.17) is 16.3 Å². The Balaban J connectivity index is 1.33. The number of carbonyl (C=O) groups is 3. The summed E-state index contributed by atoms with van der Waals surface area (Å²) in [5, 5.41) is 9.14. The quantitative estimate of drug-likeness (QED) is 0.340. The number of morpholine rings is 1. The third-order valence-corrected chi connectivity index (χ3v) is 9.33. The lowest BCUT2D eigenvalue weighted by atomic mass is 9.68. The maximum atomic E-state index is 14.0. The Kier molecular flexibility index (Phi) is 9.34. The molecule has 3 fully saturated rings. The molecule has 0 bridgehead atoms. The van der Waals surface area contributed by atoms with E-state index in [9.17, 15) is 23.2 Å². The van der Waals surface area contributed by atoms with E-state index in [0.717, 1.165) is 49.9 Å². The summed E-state index contributed by atoms with van der Waals surface area (Å²) in [7, 11) is 0. The minimum Gasteiger partial charge on any atom is -0.370 e. The van der Waals surface area contributed by atoms with Gasteiger partial charge in [0.1, 0.15) is 12.6 Å². The van der Waals surface area contributed by atoms with Crippen molar-refractivity contribution in [2.24, 2.45) is 11.8 Å². The van der Waals surface area contributed by atoms with Gasteiger partial charge in [-0.2, -0.15) is 0 Å². The summed E-state index contributed by atoms with van der Waals surface area (Å²) in [6.07, 6.45) is 3.87. The third kappa shape index (κ3) is 6.64. The molecule has 8 nitrogen and oxygen atoms in total. The van der Waals surface area contributed by atoms with E-state index in [2.05, 4.69) is 16.0 Å². The number of benzene rings is 1. The van der Waals surface area contributed by atoms with Crippen LogP contribution in [0.4, 0.5) is 20.2 Å². The van der Waals surface area contributed by atoms with Gasteiger partial charge in [0, 0.05) is 30.4 Å². The summed E-state index contributed by atoms with van der Waals surface area (Å²) in [6.45, 7) is 0.293. The van der Waals surface area contributed by atoms with Crippen molar-refractivity contribution >= 4 is 52.0 Å². The van der Waals surface area contributed by atoms with Gasteiger partial charge in [-0.05, 0) is 67.9 Å². The first-order valence-electron chi connectivity index (χ1n) is 13.7. The predicted molar refractivity (Wildman–Crippen MR) is 150 cm³/mol. The van der Waals surface area contributed by atoms with Gasteiger partial charge in [-0.25, -0.2) is 8.78 Å².